The Labute approximate surface area is 65.7 Å². The maximum Gasteiger partial charge on any atom is 0.137 e. The second-order valence-corrected chi connectivity index (χ2v) is 2.19. The summed E-state index contributed by atoms with van der Waals surface area (Å²) in [5, 5.41) is 35.3. The van der Waals surface area contributed by atoms with Gasteiger partial charge >= 0.3 is 0 Å². The molecule has 7 N–H and O–H groups in total. The van der Waals surface area contributed by atoms with Gasteiger partial charge < -0.3 is 20.4 Å². The van der Waals surface area contributed by atoms with E-state index < -0.39 is 24.9 Å². The lowest BCUT2D eigenvalue weighted by Crippen LogP contribution is -2.46. The highest BCUT2D eigenvalue weighted by molar-refractivity contribution is 4.75. The molecule has 0 aromatic rings. The van der Waals surface area contributed by atoms with Crippen LogP contribution in [-0.4, -0.2) is 51.9 Å². The van der Waals surface area contributed by atoms with E-state index in [1.807, 2.05) is 0 Å². The van der Waals surface area contributed by atoms with Gasteiger partial charge in [0.2, 0.25) is 0 Å². The second kappa shape index (κ2) is 5.42. The number of aliphatic hydroxyl groups is 4. The summed E-state index contributed by atoms with van der Waals surface area (Å²) in [6, 6.07) is 0. The molecule has 0 aromatic carbocycles. The fraction of sp³-hybridized carbons (Fsp3) is 1.00. The van der Waals surface area contributed by atoms with Crippen LogP contribution in [0.25, 0.3) is 0 Å². The van der Waals surface area contributed by atoms with Crippen LogP contribution in [0.4, 0.5) is 0 Å². The predicted octanol–water partition coefficient (Wildman–Crippen LogP) is -3.48. The highest BCUT2D eigenvalue weighted by Crippen LogP contribution is 1.97. The van der Waals surface area contributed by atoms with Gasteiger partial charge in [0.05, 0.1) is 12.7 Å². The van der Waals surface area contributed by atoms with Gasteiger partial charge in [-0.05, 0) is 0 Å². The zero-order chi connectivity index (χ0) is 9.56. The summed E-state index contributed by atoms with van der Waals surface area (Å²) in [5.41, 5.74) is 2.22. The summed E-state index contributed by atoms with van der Waals surface area (Å²) in [4.78, 5) is 0. The van der Waals surface area contributed by atoms with Crippen molar-refractivity contribution in [2.75, 3.05) is 13.2 Å². The molecule has 0 amide bonds. The second-order valence-electron chi connectivity index (χ2n) is 2.19. The molecule has 0 aliphatic rings. The normalized spacial score (nSPS) is 20.5. The number of nitrogens with two attached hydrogens (primary N) is 1. The van der Waals surface area contributed by atoms with Crippen molar-refractivity contribution in [3.63, 3.8) is 0 Å². The minimum Gasteiger partial charge on any atom is -0.394 e. The third-order valence-corrected chi connectivity index (χ3v) is 1.29. The molecule has 3 atom stereocenters. The number of nitrogens with one attached hydrogen (secondary N) is 1. The van der Waals surface area contributed by atoms with Crippen molar-refractivity contribution in [1.82, 2.24) is 5.43 Å². The van der Waals surface area contributed by atoms with E-state index in [9.17, 15) is 0 Å². The minimum absolute atomic E-state index is 0.0955. The molecule has 0 unspecified atom stereocenters. The maximum absolute atomic E-state index is 9.04. The fourth-order valence-electron chi connectivity index (χ4n) is 0.590. The van der Waals surface area contributed by atoms with E-state index >= 15 is 0 Å². The third-order valence-electron chi connectivity index (χ3n) is 1.29. The van der Waals surface area contributed by atoms with E-state index in [1.165, 1.54) is 0 Å². The van der Waals surface area contributed by atoms with E-state index in [-0.39, 0.29) is 6.54 Å². The molecule has 0 saturated heterocycles. The standard InChI is InChI=1S/C5H14N2O4/c6-7-1-3(9)5(11)4(10)2-8/h3-5,7-11H,1-2,6H2/t3-,4-,5-/m1/s1/i/hD. The predicted molar refractivity (Wildman–Crippen MR) is 37.3 cm³/mol. The molecule has 0 spiro atoms. The quantitative estimate of drug-likeness (QED) is 0.181. The van der Waals surface area contributed by atoms with Crippen LogP contribution in [0.2, 0.25) is 1.41 Å². The number of rotatable bonds is 6. The molecule has 68 valence electrons. The molecule has 0 radical (unpaired) electrons. The first-order valence-corrected chi connectivity index (χ1v) is 3.18. The zero-order valence-corrected chi connectivity index (χ0v) is 5.94. The number of hydrazine groups is 1. The molecule has 0 aliphatic heterocycles. The van der Waals surface area contributed by atoms with Crippen LogP contribution in [0.5, 0.6) is 0 Å². The Morgan fingerprint density at radius 3 is 2.45 bits per heavy atom. The molecule has 0 bridgehead atoms. The van der Waals surface area contributed by atoms with Gasteiger partial charge in [-0.25, -0.2) is 0 Å². The Hall–Kier alpha value is -0.240. The Morgan fingerprint density at radius 2 is 2.00 bits per heavy atom. The molecule has 0 fully saturated rings. The zero-order valence-electron chi connectivity index (χ0n) is 6.94. The Balaban J connectivity index is 3.67. The van der Waals surface area contributed by atoms with Gasteiger partial charge in [0.25, 0.3) is 0 Å². The lowest BCUT2D eigenvalue weighted by Gasteiger charge is -2.20. The molecular weight excluding hydrogens is 152 g/mol. The Kier molecular flexibility index (Phi) is 4.36. The van der Waals surface area contributed by atoms with Crippen LogP contribution in [0.1, 0.15) is 0 Å². The van der Waals surface area contributed by atoms with Gasteiger partial charge in [-0.15, -0.1) is 0 Å². The average molecular weight is 167 g/mol. The monoisotopic (exact) mass is 167 g/mol. The summed E-state index contributed by atoms with van der Waals surface area (Å²) < 4.78 is 6.42. The fourth-order valence-corrected chi connectivity index (χ4v) is 0.590. The molecule has 0 heterocycles. The van der Waals surface area contributed by atoms with Crippen molar-refractivity contribution >= 4 is 0 Å². The summed E-state index contributed by atoms with van der Waals surface area (Å²) in [5.74, 6) is 1.80. The summed E-state index contributed by atoms with van der Waals surface area (Å²) in [6.07, 6.45) is -4.02. The van der Waals surface area contributed by atoms with Crippen LogP contribution in [-0.2, 0) is 0 Å². The van der Waals surface area contributed by atoms with Gasteiger partial charge in [-0.2, -0.15) is 0 Å². The largest absolute Gasteiger partial charge is 0.394 e. The van der Waals surface area contributed by atoms with Crippen LogP contribution >= 0.6 is 0 Å². The van der Waals surface area contributed by atoms with Gasteiger partial charge in [-0.1, -0.05) is 0 Å². The number of hydrogen-bond acceptors (Lipinski definition) is 6. The topological polar surface area (TPSA) is 119 Å². The van der Waals surface area contributed by atoms with Crippen molar-refractivity contribution < 1.29 is 21.8 Å². The van der Waals surface area contributed by atoms with Crippen LogP contribution in [0.3, 0.4) is 0 Å². The average Bonchev–Trinajstić information content (AvgIpc) is 2.11. The summed E-state index contributed by atoms with van der Waals surface area (Å²) in [6.45, 7) is -0.714. The SMILES string of the molecule is [2H]NNC[C@@H](O)[C@@H](O)[C@H](O)CO. The Bertz CT molecular complexity index is 118. The molecule has 6 heteroatoms. The molecule has 6 nitrogen and oxygen atoms in total. The molecule has 0 rings (SSSR count). The molecular formula is C5H14N2O4. The van der Waals surface area contributed by atoms with Crippen LogP contribution in [0, 0.1) is 0 Å². The van der Waals surface area contributed by atoms with E-state index in [0.717, 1.165) is 0 Å². The third kappa shape index (κ3) is 3.61. The van der Waals surface area contributed by atoms with Gasteiger partial charge in [-0.3, -0.25) is 11.3 Å². The first kappa shape index (κ1) is 8.85. The van der Waals surface area contributed by atoms with Crippen molar-refractivity contribution in [3.05, 3.63) is 0 Å². The molecule has 0 saturated carbocycles. The summed E-state index contributed by atoms with van der Waals surface area (Å²) in [7, 11) is 0. The molecule has 0 aromatic heterocycles. The van der Waals surface area contributed by atoms with Gasteiger partial charge in [0.1, 0.15) is 13.6 Å². The van der Waals surface area contributed by atoms with Crippen molar-refractivity contribution in [1.29, 1.82) is 0 Å². The van der Waals surface area contributed by atoms with E-state index in [4.69, 9.17) is 21.8 Å². The van der Waals surface area contributed by atoms with Gasteiger partial charge in [0.15, 0.2) is 0 Å². The molecule has 0 aliphatic carbocycles. The molecule has 11 heavy (non-hydrogen) atoms. The van der Waals surface area contributed by atoms with Crippen LogP contribution in [0.15, 0.2) is 0 Å². The van der Waals surface area contributed by atoms with E-state index in [1.54, 1.807) is 5.84 Å². The van der Waals surface area contributed by atoms with Gasteiger partial charge in [0, 0.05) is 6.54 Å². The highest BCUT2D eigenvalue weighted by Gasteiger charge is 2.22. The lowest BCUT2D eigenvalue weighted by molar-refractivity contribution is -0.0749. The van der Waals surface area contributed by atoms with Crippen LogP contribution < -0.4 is 11.3 Å². The maximum atomic E-state index is 9.04. The van der Waals surface area contributed by atoms with E-state index in [2.05, 4.69) is 5.43 Å². The number of aliphatic hydroxyl groups excluding tert-OH is 4. The van der Waals surface area contributed by atoms with Crippen molar-refractivity contribution in [2.45, 2.75) is 18.3 Å². The van der Waals surface area contributed by atoms with Crippen molar-refractivity contribution in [2.24, 2.45) is 5.84 Å². The smallest absolute Gasteiger partial charge is 0.137 e. The van der Waals surface area contributed by atoms with E-state index in [0.29, 0.717) is 0 Å². The summed E-state index contributed by atoms with van der Waals surface area (Å²) >= 11 is 0. The van der Waals surface area contributed by atoms with Crippen molar-refractivity contribution in [3.8, 4) is 0 Å². The Morgan fingerprint density at radius 1 is 1.36 bits per heavy atom. The first-order valence-electron chi connectivity index (χ1n) is 3.68. The lowest BCUT2D eigenvalue weighted by atomic mass is 10.1. The first-order chi connectivity index (χ1) is 5.63. The highest BCUT2D eigenvalue weighted by atomic mass is 16.4. The number of hydrogen-bond donors (Lipinski definition) is 6. The minimum atomic E-state index is -1.42.